The minimum Gasteiger partial charge on any atom is -0.452 e. The highest BCUT2D eigenvalue weighted by Crippen LogP contribution is 2.17. The Morgan fingerprint density at radius 1 is 0.967 bits per heavy atom. The van der Waals surface area contributed by atoms with E-state index in [2.05, 4.69) is 25.0 Å². The average Bonchev–Trinajstić information content (AvgIpc) is 2.73. The summed E-state index contributed by atoms with van der Waals surface area (Å²) < 4.78 is 31.8. The van der Waals surface area contributed by atoms with Crippen LogP contribution in [0.5, 0.6) is 0 Å². The van der Waals surface area contributed by atoms with Crippen LogP contribution in [0.4, 0.5) is 11.6 Å². The molecule has 0 spiro atoms. The van der Waals surface area contributed by atoms with Crippen LogP contribution in [-0.2, 0) is 19.6 Å². The third kappa shape index (κ3) is 5.49. The number of carbonyl (C=O) groups is 2. The van der Waals surface area contributed by atoms with Gasteiger partial charge in [0, 0.05) is 24.3 Å². The zero-order valence-electron chi connectivity index (χ0n) is 15.1. The van der Waals surface area contributed by atoms with Crippen LogP contribution < -0.4 is 10.0 Å². The smallest absolute Gasteiger partial charge is 0.341 e. The van der Waals surface area contributed by atoms with Crippen LogP contribution in [0.2, 0.25) is 5.15 Å². The number of amides is 1. The fourth-order valence-electron chi connectivity index (χ4n) is 2.19. The van der Waals surface area contributed by atoms with Gasteiger partial charge in [0.15, 0.2) is 6.61 Å². The second kappa shape index (κ2) is 9.29. The maximum absolute atomic E-state index is 12.3. The number of ether oxygens (including phenoxy) is 1. The topological polar surface area (TPSA) is 140 Å². The van der Waals surface area contributed by atoms with Crippen LogP contribution in [0.25, 0.3) is 0 Å². The highest BCUT2D eigenvalue weighted by Gasteiger charge is 2.16. The molecule has 0 saturated carbocycles. The zero-order chi connectivity index (χ0) is 21.6. The average molecular weight is 448 g/mol. The first-order valence-electron chi connectivity index (χ1n) is 8.32. The maximum atomic E-state index is 12.3. The highest BCUT2D eigenvalue weighted by molar-refractivity contribution is 7.92. The number of nitrogens with zero attached hydrogens (tertiary/aromatic N) is 3. The van der Waals surface area contributed by atoms with E-state index in [0.717, 1.165) is 0 Å². The van der Waals surface area contributed by atoms with Gasteiger partial charge < -0.3 is 10.1 Å². The Labute approximate surface area is 176 Å². The van der Waals surface area contributed by atoms with Gasteiger partial charge in [-0.2, -0.15) is 0 Å². The number of nitrogens with one attached hydrogen (secondary N) is 2. The number of halogens is 1. The van der Waals surface area contributed by atoms with Crippen LogP contribution in [0, 0.1) is 0 Å². The molecule has 30 heavy (non-hydrogen) atoms. The standard InChI is InChI=1S/C18H14ClN5O5S/c19-16-14(3-1-8-20-16)17(26)29-11-15(25)23-12-4-6-13(7-5-12)30(27,28)24-18-21-9-2-10-22-18/h1-10H,11H2,(H,23,25)(H,21,22,24). The minimum absolute atomic E-state index is 0.0331. The van der Waals surface area contributed by atoms with E-state index in [9.17, 15) is 18.0 Å². The van der Waals surface area contributed by atoms with Crippen LogP contribution in [0.3, 0.4) is 0 Å². The van der Waals surface area contributed by atoms with Gasteiger partial charge in [-0.15, -0.1) is 0 Å². The molecule has 2 N–H and O–H groups in total. The van der Waals surface area contributed by atoms with Crippen molar-refractivity contribution in [1.82, 2.24) is 15.0 Å². The molecular weight excluding hydrogens is 434 g/mol. The predicted molar refractivity (Wildman–Crippen MR) is 107 cm³/mol. The SMILES string of the molecule is O=C(COC(=O)c1cccnc1Cl)Nc1ccc(S(=O)(=O)Nc2ncccn2)cc1. The molecule has 0 radical (unpaired) electrons. The second-order valence-electron chi connectivity index (χ2n) is 5.67. The normalized spacial score (nSPS) is 10.8. The lowest BCUT2D eigenvalue weighted by Crippen LogP contribution is -2.21. The summed E-state index contributed by atoms with van der Waals surface area (Å²) in [7, 11) is -3.89. The fraction of sp³-hybridized carbons (Fsp3) is 0.0556. The molecule has 10 nitrogen and oxygen atoms in total. The highest BCUT2D eigenvalue weighted by atomic mass is 35.5. The van der Waals surface area contributed by atoms with Crippen LogP contribution in [0.15, 0.2) is 66.0 Å². The van der Waals surface area contributed by atoms with Gasteiger partial charge in [-0.25, -0.2) is 32.9 Å². The first-order valence-corrected chi connectivity index (χ1v) is 10.2. The van der Waals surface area contributed by atoms with Gasteiger partial charge in [-0.1, -0.05) is 11.6 Å². The molecule has 0 aliphatic carbocycles. The fourth-order valence-corrected chi connectivity index (χ4v) is 3.35. The minimum atomic E-state index is -3.89. The van der Waals surface area contributed by atoms with Gasteiger partial charge in [0.1, 0.15) is 5.15 Å². The molecule has 3 rings (SSSR count). The van der Waals surface area contributed by atoms with Gasteiger partial charge in [-0.05, 0) is 42.5 Å². The van der Waals surface area contributed by atoms with E-state index in [4.69, 9.17) is 16.3 Å². The molecule has 0 saturated heterocycles. The van der Waals surface area contributed by atoms with E-state index < -0.39 is 28.5 Å². The quantitative estimate of drug-likeness (QED) is 0.414. The number of rotatable bonds is 7. The van der Waals surface area contributed by atoms with Gasteiger partial charge in [0.2, 0.25) is 5.95 Å². The molecular formula is C18H14ClN5O5S. The molecule has 2 heterocycles. The lowest BCUT2D eigenvalue weighted by molar-refractivity contribution is -0.119. The van der Waals surface area contributed by atoms with E-state index in [-0.39, 0.29) is 21.6 Å². The van der Waals surface area contributed by atoms with Gasteiger partial charge in [0.05, 0.1) is 10.5 Å². The second-order valence-corrected chi connectivity index (χ2v) is 7.71. The number of anilines is 2. The number of pyridine rings is 1. The Bertz CT molecular complexity index is 1160. The van der Waals surface area contributed by atoms with Crippen molar-refractivity contribution < 1.29 is 22.7 Å². The van der Waals surface area contributed by atoms with Gasteiger partial charge in [-0.3, -0.25) is 4.79 Å². The molecule has 2 aromatic heterocycles. The summed E-state index contributed by atoms with van der Waals surface area (Å²) in [4.78, 5) is 35.2. The van der Waals surface area contributed by atoms with Crippen molar-refractivity contribution in [3.63, 3.8) is 0 Å². The van der Waals surface area contributed by atoms with Crippen LogP contribution in [0.1, 0.15) is 10.4 Å². The van der Waals surface area contributed by atoms with Crippen molar-refractivity contribution in [3.8, 4) is 0 Å². The maximum Gasteiger partial charge on any atom is 0.341 e. The summed E-state index contributed by atoms with van der Waals surface area (Å²) >= 11 is 5.79. The van der Waals surface area contributed by atoms with Crippen molar-refractivity contribution in [2.75, 3.05) is 16.6 Å². The molecule has 0 fully saturated rings. The van der Waals surface area contributed by atoms with Gasteiger partial charge in [0.25, 0.3) is 15.9 Å². The summed E-state index contributed by atoms with van der Waals surface area (Å²) in [5, 5.41) is 2.45. The van der Waals surface area contributed by atoms with Crippen molar-refractivity contribution in [2.45, 2.75) is 4.90 Å². The van der Waals surface area contributed by atoms with Crippen molar-refractivity contribution in [3.05, 3.63) is 71.8 Å². The first kappa shape index (κ1) is 21.1. The number of carbonyl (C=O) groups excluding carboxylic acids is 2. The van der Waals surface area contributed by atoms with E-state index in [1.165, 1.54) is 55.0 Å². The predicted octanol–water partition coefficient (Wildman–Crippen LogP) is 2.12. The third-order valence-corrected chi connectivity index (χ3v) is 5.20. The lowest BCUT2D eigenvalue weighted by atomic mass is 10.3. The molecule has 1 aromatic carbocycles. The molecule has 0 atom stereocenters. The Morgan fingerprint density at radius 2 is 1.63 bits per heavy atom. The lowest BCUT2D eigenvalue weighted by Gasteiger charge is -2.09. The van der Waals surface area contributed by atoms with Crippen molar-refractivity contribution in [2.24, 2.45) is 0 Å². The Hall–Kier alpha value is -3.57. The Kier molecular flexibility index (Phi) is 6.54. The Balaban J connectivity index is 1.57. The summed E-state index contributed by atoms with van der Waals surface area (Å²) in [5.74, 6) is -1.47. The molecule has 0 aliphatic heterocycles. The number of benzene rings is 1. The zero-order valence-corrected chi connectivity index (χ0v) is 16.7. The van der Waals surface area contributed by atoms with Crippen LogP contribution in [-0.4, -0.2) is 41.9 Å². The number of esters is 1. The largest absolute Gasteiger partial charge is 0.452 e. The first-order chi connectivity index (χ1) is 14.3. The molecule has 154 valence electrons. The van der Waals surface area contributed by atoms with Crippen molar-refractivity contribution >= 4 is 45.1 Å². The van der Waals surface area contributed by atoms with Crippen molar-refractivity contribution in [1.29, 1.82) is 0 Å². The number of hydrogen-bond acceptors (Lipinski definition) is 8. The molecule has 0 bridgehead atoms. The molecule has 1 amide bonds. The number of hydrogen-bond donors (Lipinski definition) is 2. The van der Waals surface area contributed by atoms with E-state index in [0.29, 0.717) is 5.69 Å². The third-order valence-electron chi connectivity index (χ3n) is 3.55. The van der Waals surface area contributed by atoms with E-state index in [1.807, 2.05) is 0 Å². The molecule has 3 aromatic rings. The monoisotopic (exact) mass is 447 g/mol. The molecule has 0 aliphatic rings. The summed E-state index contributed by atoms with van der Waals surface area (Å²) in [6, 6.07) is 9.85. The Morgan fingerprint density at radius 3 is 2.30 bits per heavy atom. The van der Waals surface area contributed by atoms with E-state index in [1.54, 1.807) is 6.07 Å². The molecule has 12 heteroatoms. The van der Waals surface area contributed by atoms with E-state index >= 15 is 0 Å². The van der Waals surface area contributed by atoms with Gasteiger partial charge >= 0.3 is 5.97 Å². The van der Waals surface area contributed by atoms with Crippen LogP contribution >= 0.6 is 11.6 Å². The molecule has 0 unspecified atom stereocenters. The number of aromatic nitrogens is 3. The summed E-state index contributed by atoms with van der Waals surface area (Å²) in [5.41, 5.74) is 0.349. The summed E-state index contributed by atoms with van der Waals surface area (Å²) in [6.07, 6.45) is 4.22. The summed E-state index contributed by atoms with van der Waals surface area (Å²) in [6.45, 7) is -0.559. The number of sulfonamides is 1.